The van der Waals surface area contributed by atoms with Gasteiger partial charge in [0, 0.05) is 11.6 Å². The van der Waals surface area contributed by atoms with E-state index in [1.165, 1.54) is 17.1 Å². The van der Waals surface area contributed by atoms with Crippen molar-refractivity contribution in [2.45, 2.75) is 11.8 Å². The zero-order valence-corrected chi connectivity index (χ0v) is 14.7. The minimum absolute atomic E-state index is 0.0222. The molecule has 0 N–H and O–H groups in total. The molecule has 4 rings (SSSR count). The highest BCUT2D eigenvalue weighted by Crippen LogP contribution is 2.26. The van der Waals surface area contributed by atoms with Gasteiger partial charge in [0.25, 0.3) is 0 Å². The maximum atomic E-state index is 12.6. The first kappa shape index (κ1) is 16.3. The molecule has 0 amide bonds. The molecule has 26 heavy (non-hydrogen) atoms. The summed E-state index contributed by atoms with van der Waals surface area (Å²) in [6, 6.07) is 16.4. The Morgan fingerprint density at radius 1 is 1.00 bits per heavy atom. The SMILES string of the molecule is Cc1ccc(-n2cc(S(=O)(=O)Oc3cccc4cccnc34)cn2)cc1. The van der Waals surface area contributed by atoms with Crippen molar-refractivity contribution in [3.05, 3.63) is 78.8 Å². The van der Waals surface area contributed by atoms with E-state index in [1.807, 2.05) is 43.3 Å². The van der Waals surface area contributed by atoms with Gasteiger partial charge in [-0.2, -0.15) is 13.5 Å². The summed E-state index contributed by atoms with van der Waals surface area (Å²) in [5.74, 6) is 0.186. The predicted octanol–water partition coefficient (Wildman–Crippen LogP) is 3.50. The highest BCUT2D eigenvalue weighted by molar-refractivity contribution is 7.87. The van der Waals surface area contributed by atoms with E-state index < -0.39 is 10.1 Å². The Bertz CT molecular complexity index is 1180. The largest absolute Gasteiger partial charge is 0.377 e. The molecule has 0 fully saturated rings. The Hall–Kier alpha value is -3.19. The van der Waals surface area contributed by atoms with Crippen molar-refractivity contribution in [2.24, 2.45) is 0 Å². The van der Waals surface area contributed by atoms with Gasteiger partial charge in [-0.15, -0.1) is 0 Å². The van der Waals surface area contributed by atoms with Gasteiger partial charge in [0.15, 0.2) is 5.75 Å². The first-order chi connectivity index (χ1) is 12.5. The topological polar surface area (TPSA) is 74.1 Å². The maximum absolute atomic E-state index is 12.6. The van der Waals surface area contributed by atoms with Gasteiger partial charge < -0.3 is 4.18 Å². The minimum Gasteiger partial charge on any atom is -0.377 e. The molecule has 0 aliphatic carbocycles. The van der Waals surface area contributed by atoms with Crippen LogP contribution in [0.15, 0.2) is 78.1 Å². The number of benzene rings is 2. The van der Waals surface area contributed by atoms with Crippen molar-refractivity contribution in [3.8, 4) is 11.4 Å². The lowest BCUT2D eigenvalue weighted by atomic mass is 10.2. The van der Waals surface area contributed by atoms with E-state index in [9.17, 15) is 8.42 Å². The van der Waals surface area contributed by atoms with Crippen LogP contribution in [0.25, 0.3) is 16.6 Å². The Balaban J connectivity index is 1.68. The van der Waals surface area contributed by atoms with Crippen LogP contribution in [0.3, 0.4) is 0 Å². The summed E-state index contributed by atoms with van der Waals surface area (Å²) in [5.41, 5.74) is 2.37. The average Bonchev–Trinajstić information content (AvgIpc) is 3.14. The van der Waals surface area contributed by atoms with E-state index in [4.69, 9.17) is 4.18 Å². The summed E-state index contributed by atoms with van der Waals surface area (Å²) in [7, 11) is -4.02. The number of para-hydroxylation sites is 1. The average molecular weight is 365 g/mol. The van der Waals surface area contributed by atoms with E-state index in [0.29, 0.717) is 5.52 Å². The Morgan fingerprint density at radius 2 is 1.77 bits per heavy atom. The molecule has 0 bridgehead atoms. The van der Waals surface area contributed by atoms with E-state index in [-0.39, 0.29) is 10.6 Å². The van der Waals surface area contributed by atoms with Gasteiger partial charge in [0.1, 0.15) is 10.4 Å². The normalized spacial score (nSPS) is 11.6. The molecule has 0 spiro atoms. The summed E-state index contributed by atoms with van der Waals surface area (Å²) >= 11 is 0. The zero-order valence-electron chi connectivity index (χ0n) is 13.9. The lowest BCUT2D eigenvalue weighted by Crippen LogP contribution is -2.09. The number of nitrogens with zero attached hydrogens (tertiary/aromatic N) is 3. The van der Waals surface area contributed by atoms with Gasteiger partial charge in [-0.05, 0) is 31.2 Å². The van der Waals surface area contributed by atoms with Crippen molar-refractivity contribution in [1.82, 2.24) is 14.8 Å². The first-order valence-electron chi connectivity index (χ1n) is 7.93. The van der Waals surface area contributed by atoms with Crippen molar-refractivity contribution < 1.29 is 12.6 Å². The van der Waals surface area contributed by atoms with Crippen LogP contribution in [0.2, 0.25) is 0 Å². The van der Waals surface area contributed by atoms with Gasteiger partial charge in [0.05, 0.1) is 18.1 Å². The van der Waals surface area contributed by atoms with Gasteiger partial charge in [-0.3, -0.25) is 4.98 Å². The van der Waals surface area contributed by atoms with Crippen LogP contribution in [-0.4, -0.2) is 23.2 Å². The maximum Gasteiger partial charge on any atom is 0.342 e. The monoisotopic (exact) mass is 365 g/mol. The van der Waals surface area contributed by atoms with Gasteiger partial charge in [-0.1, -0.05) is 35.9 Å². The molecular weight excluding hydrogens is 350 g/mol. The van der Waals surface area contributed by atoms with E-state index in [0.717, 1.165) is 16.6 Å². The second kappa shape index (κ2) is 6.27. The fourth-order valence-corrected chi connectivity index (χ4v) is 3.46. The number of hydrogen-bond donors (Lipinski definition) is 0. The van der Waals surface area contributed by atoms with Gasteiger partial charge in [-0.25, -0.2) is 4.68 Å². The quantitative estimate of drug-likeness (QED) is 0.518. The molecule has 6 nitrogen and oxygen atoms in total. The minimum atomic E-state index is -4.02. The Morgan fingerprint density at radius 3 is 2.58 bits per heavy atom. The van der Waals surface area contributed by atoms with E-state index >= 15 is 0 Å². The number of aryl methyl sites for hydroxylation is 1. The highest BCUT2D eigenvalue weighted by Gasteiger charge is 2.21. The number of fused-ring (bicyclic) bond motifs is 1. The lowest BCUT2D eigenvalue weighted by molar-refractivity contribution is 0.488. The zero-order chi connectivity index (χ0) is 18.1. The van der Waals surface area contributed by atoms with Crippen molar-refractivity contribution in [2.75, 3.05) is 0 Å². The van der Waals surface area contributed by atoms with Crippen LogP contribution in [0, 0.1) is 6.92 Å². The third-order valence-electron chi connectivity index (χ3n) is 3.94. The van der Waals surface area contributed by atoms with Crippen LogP contribution in [-0.2, 0) is 10.1 Å². The Kier molecular flexibility index (Phi) is 3.93. The Labute approximate surface area is 150 Å². The smallest absolute Gasteiger partial charge is 0.342 e. The fourth-order valence-electron chi connectivity index (χ4n) is 2.58. The molecule has 7 heteroatoms. The number of hydrogen-bond acceptors (Lipinski definition) is 5. The van der Waals surface area contributed by atoms with Crippen LogP contribution in [0.1, 0.15) is 5.56 Å². The predicted molar refractivity (Wildman–Crippen MR) is 97.9 cm³/mol. The van der Waals surface area contributed by atoms with Crippen LogP contribution < -0.4 is 4.18 Å². The third kappa shape index (κ3) is 3.04. The van der Waals surface area contributed by atoms with Gasteiger partial charge >= 0.3 is 10.1 Å². The summed E-state index contributed by atoms with van der Waals surface area (Å²) in [4.78, 5) is 4.19. The van der Waals surface area contributed by atoms with E-state index in [1.54, 1.807) is 24.4 Å². The molecule has 130 valence electrons. The second-order valence-corrected chi connectivity index (χ2v) is 7.37. The highest BCUT2D eigenvalue weighted by atomic mass is 32.2. The van der Waals surface area contributed by atoms with E-state index in [2.05, 4.69) is 10.1 Å². The molecule has 2 aromatic heterocycles. The summed E-state index contributed by atoms with van der Waals surface area (Å²) in [6.07, 6.45) is 4.30. The molecule has 2 aromatic carbocycles. The molecule has 0 saturated carbocycles. The molecule has 0 aliphatic rings. The third-order valence-corrected chi connectivity index (χ3v) is 5.13. The summed E-state index contributed by atoms with van der Waals surface area (Å²) < 4.78 is 32.1. The first-order valence-corrected chi connectivity index (χ1v) is 9.34. The number of rotatable bonds is 4. The molecule has 0 radical (unpaired) electrons. The van der Waals surface area contributed by atoms with Crippen LogP contribution in [0.4, 0.5) is 0 Å². The lowest BCUT2D eigenvalue weighted by Gasteiger charge is -2.07. The molecule has 0 atom stereocenters. The molecule has 0 unspecified atom stereocenters. The molecule has 2 heterocycles. The number of aromatic nitrogens is 3. The van der Waals surface area contributed by atoms with Crippen LogP contribution in [0.5, 0.6) is 5.75 Å². The standard InChI is InChI=1S/C19H15N3O3S/c1-14-7-9-16(10-8-14)22-13-17(12-21-22)26(23,24)25-18-6-2-4-15-5-3-11-20-19(15)18/h2-13H,1H3. The molecule has 0 aliphatic heterocycles. The van der Waals surface area contributed by atoms with Crippen molar-refractivity contribution in [1.29, 1.82) is 0 Å². The fraction of sp³-hybridized carbons (Fsp3) is 0.0526. The van der Waals surface area contributed by atoms with Gasteiger partial charge in [0.2, 0.25) is 0 Å². The summed E-state index contributed by atoms with van der Waals surface area (Å²) in [6.45, 7) is 1.98. The summed E-state index contributed by atoms with van der Waals surface area (Å²) in [5, 5.41) is 4.93. The molecule has 0 saturated heterocycles. The second-order valence-electron chi connectivity index (χ2n) is 5.82. The molecule has 4 aromatic rings. The van der Waals surface area contributed by atoms with Crippen molar-refractivity contribution >= 4 is 21.0 Å². The molecular formula is C19H15N3O3S. The van der Waals surface area contributed by atoms with Crippen molar-refractivity contribution in [3.63, 3.8) is 0 Å². The number of pyridine rings is 1. The van der Waals surface area contributed by atoms with Crippen LogP contribution >= 0.6 is 0 Å².